The van der Waals surface area contributed by atoms with Gasteiger partial charge in [0.05, 0.1) is 6.61 Å². The van der Waals surface area contributed by atoms with E-state index in [4.69, 9.17) is 4.74 Å². The van der Waals surface area contributed by atoms with Crippen molar-refractivity contribution in [1.82, 2.24) is 15.1 Å². The van der Waals surface area contributed by atoms with E-state index in [2.05, 4.69) is 31.0 Å². The van der Waals surface area contributed by atoms with Crippen molar-refractivity contribution in [2.24, 2.45) is 0 Å². The molecule has 0 radical (unpaired) electrons. The molecule has 0 spiro atoms. The van der Waals surface area contributed by atoms with Crippen molar-refractivity contribution in [2.75, 3.05) is 25.5 Å². The number of H-pyrrole nitrogens is 1. The van der Waals surface area contributed by atoms with Gasteiger partial charge in [-0.1, -0.05) is 20.8 Å². The van der Waals surface area contributed by atoms with Crippen molar-refractivity contribution in [3.63, 3.8) is 0 Å². The number of rotatable bonds is 1. The largest absolute Gasteiger partial charge is 0.380 e. The molecule has 1 aromatic rings. The summed E-state index contributed by atoms with van der Waals surface area (Å²) in [5, 5.41) is 7.67. The van der Waals surface area contributed by atoms with Crippen LogP contribution in [0.3, 0.4) is 0 Å². The maximum absolute atomic E-state index is 12.8. The lowest BCUT2D eigenvalue weighted by molar-refractivity contribution is 0.0315. The van der Waals surface area contributed by atoms with Gasteiger partial charge in [0.25, 0.3) is 5.91 Å². The van der Waals surface area contributed by atoms with E-state index in [0.29, 0.717) is 17.0 Å². The molecule has 3 rings (SSSR count). The second kappa shape index (κ2) is 5.65. The number of aromatic amines is 1. The molecule has 5 nitrogen and oxygen atoms in total. The number of ether oxygens (including phenoxy) is 1. The zero-order chi connectivity index (χ0) is 15.0. The van der Waals surface area contributed by atoms with E-state index in [1.165, 1.54) is 0 Å². The van der Waals surface area contributed by atoms with Crippen LogP contribution in [0.1, 0.15) is 43.4 Å². The van der Waals surface area contributed by atoms with Crippen LogP contribution in [-0.4, -0.2) is 57.8 Å². The smallest absolute Gasteiger partial charge is 0.274 e. The Morgan fingerprint density at radius 2 is 2.33 bits per heavy atom. The molecule has 0 aliphatic carbocycles. The molecule has 3 heterocycles. The highest BCUT2D eigenvalue weighted by molar-refractivity contribution is 8.00. The van der Waals surface area contributed by atoms with Crippen molar-refractivity contribution in [3.8, 4) is 0 Å². The SMILES string of the molecule is CC(C)(C)c1cc(C(=O)N2CCS[C@@H]3COCC[C@@H]32)n[nH]1. The van der Waals surface area contributed by atoms with E-state index in [9.17, 15) is 4.79 Å². The molecule has 2 fully saturated rings. The lowest BCUT2D eigenvalue weighted by Gasteiger charge is -2.43. The van der Waals surface area contributed by atoms with Gasteiger partial charge in [-0.15, -0.1) is 0 Å². The first-order chi connectivity index (χ1) is 9.97. The van der Waals surface area contributed by atoms with Crippen molar-refractivity contribution < 1.29 is 9.53 Å². The predicted octanol–water partition coefficient (Wildman–Crippen LogP) is 2.05. The van der Waals surface area contributed by atoms with Crippen LogP contribution in [-0.2, 0) is 10.2 Å². The number of nitrogens with one attached hydrogen (secondary N) is 1. The van der Waals surface area contributed by atoms with Crippen LogP contribution in [0.25, 0.3) is 0 Å². The number of fused-ring (bicyclic) bond motifs is 1. The molecule has 2 aliphatic rings. The zero-order valence-electron chi connectivity index (χ0n) is 12.9. The van der Waals surface area contributed by atoms with Crippen LogP contribution in [0.15, 0.2) is 6.07 Å². The average molecular weight is 309 g/mol. The van der Waals surface area contributed by atoms with Crippen LogP contribution in [0, 0.1) is 0 Å². The minimum absolute atomic E-state index is 0.0233. The Bertz CT molecular complexity index is 521. The summed E-state index contributed by atoms with van der Waals surface area (Å²) in [5.74, 6) is 1.03. The molecule has 1 N–H and O–H groups in total. The van der Waals surface area contributed by atoms with Crippen LogP contribution < -0.4 is 0 Å². The van der Waals surface area contributed by atoms with Crippen molar-refractivity contribution in [1.29, 1.82) is 0 Å². The fourth-order valence-corrected chi connectivity index (χ4v) is 4.20. The van der Waals surface area contributed by atoms with Gasteiger partial charge in [0.15, 0.2) is 0 Å². The average Bonchev–Trinajstić information content (AvgIpc) is 2.96. The van der Waals surface area contributed by atoms with Crippen LogP contribution in [0.2, 0.25) is 0 Å². The van der Waals surface area contributed by atoms with E-state index in [1.807, 2.05) is 22.7 Å². The molecule has 21 heavy (non-hydrogen) atoms. The molecule has 2 atom stereocenters. The summed E-state index contributed by atoms with van der Waals surface area (Å²) in [7, 11) is 0. The summed E-state index contributed by atoms with van der Waals surface area (Å²) in [6, 6.07) is 2.19. The summed E-state index contributed by atoms with van der Waals surface area (Å²) in [6.07, 6.45) is 0.931. The first-order valence-electron chi connectivity index (χ1n) is 7.53. The second-order valence-electron chi connectivity index (χ2n) is 6.76. The standard InChI is InChI=1S/C15H23N3O2S/c1-15(2,3)13-8-10(16-17-13)14(19)18-5-7-21-12-9-20-6-4-11(12)18/h8,11-12H,4-7,9H2,1-3H3,(H,16,17)/t11-,12+/m0/s1. The van der Waals surface area contributed by atoms with E-state index in [-0.39, 0.29) is 11.3 Å². The lowest BCUT2D eigenvalue weighted by Crippen LogP contribution is -2.54. The molecule has 6 heteroatoms. The third-order valence-corrected chi connectivity index (χ3v) is 5.50. The predicted molar refractivity (Wildman–Crippen MR) is 83.8 cm³/mol. The number of hydrogen-bond donors (Lipinski definition) is 1. The van der Waals surface area contributed by atoms with Crippen LogP contribution in [0.5, 0.6) is 0 Å². The first-order valence-corrected chi connectivity index (χ1v) is 8.58. The topological polar surface area (TPSA) is 58.2 Å². The van der Waals surface area contributed by atoms with Gasteiger partial charge < -0.3 is 9.64 Å². The second-order valence-corrected chi connectivity index (χ2v) is 8.10. The van der Waals surface area contributed by atoms with Crippen molar-refractivity contribution >= 4 is 17.7 Å². The number of hydrogen-bond acceptors (Lipinski definition) is 4. The van der Waals surface area contributed by atoms with Gasteiger partial charge in [-0.05, 0) is 12.5 Å². The Balaban J connectivity index is 1.79. The van der Waals surface area contributed by atoms with Gasteiger partial charge in [0, 0.05) is 41.3 Å². The number of aromatic nitrogens is 2. The molecule has 0 saturated carbocycles. The fraction of sp³-hybridized carbons (Fsp3) is 0.733. The summed E-state index contributed by atoms with van der Waals surface area (Å²) in [6.45, 7) is 8.65. The van der Waals surface area contributed by atoms with Crippen molar-refractivity contribution in [2.45, 2.75) is 43.9 Å². The highest BCUT2D eigenvalue weighted by Gasteiger charge is 2.38. The molecule has 0 unspecified atom stereocenters. The molecule has 2 aliphatic heterocycles. The Morgan fingerprint density at radius 3 is 3.05 bits per heavy atom. The number of amides is 1. The highest BCUT2D eigenvalue weighted by Crippen LogP contribution is 2.31. The molecule has 0 bridgehead atoms. The minimum atomic E-state index is -0.0233. The summed E-state index contributed by atoms with van der Waals surface area (Å²) < 4.78 is 5.54. The van der Waals surface area contributed by atoms with Crippen molar-refractivity contribution in [3.05, 3.63) is 17.5 Å². The Labute approximate surface area is 129 Å². The summed E-state index contributed by atoms with van der Waals surface area (Å²) >= 11 is 1.93. The lowest BCUT2D eigenvalue weighted by atomic mass is 9.92. The quantitative estimate of drug-likeness (QED) is 0.862. The summed E-state index contributed by atoms with van der Waals surface area (Å²) in [4.78, 5) is 14.8. The van der Waals surface area contributed by atoms with Crippen LogP contribution >= 0.6 is 11.8 Å². The number of thioether (sulfide) groups is 1. The first kappa shape index (κ1) is 14.9. The summed E-state index contributed by atoms with van der Waals surface area (Å²) in [5.41, 5.74) is 1.52. The number of carbonyl (C=O) groups excluding carboxylic acids is 1. The van der Waals surface area contributed by atoms with Gasteiger partial charge in [-0.2, -0.15) is 16.9 Å². The maximum Gasteiger partial charge on any atom is 0.274 e. The fourth-order valence-electron chi connectivity index (χ4n) is 2.90. The van der Waals surface area contributed by atoms with E-state index >= 15 is 0 Å². The molecular formula is C15H23N3O2S. The Hall–Kier alpha value is -1.01. The van der Waals surface area contributed by atoms with Gasteiger partial charge >= 0.3 is 0 Å². The monoisotopic (exact) mass is 309 g/mol. The van der Waals surface area contributed by atoms with Crippen LogP contribution in [0.4, 0.5) is 0 Å². The normalized spacial score (nSPS) is 26.5. The van der Waals surface area contributed by atoms with E-state index in [1.54, 1.807) is 0 Å². The highest BCUT2D eigenvalue weighted by atomic mass is 32.2. The van der Waals surface area contributed by atoms with Gasteiger partial charge in [0.1, 0.15) is 5.69 Å². The maximum atomic E-state index is 12.8. The Morgan fingerprint density at radius 1 is 1.52 bits per heavy atom. The molecule has 1 aromatic heterocycles. The number of carbonyl (C=O) groups is 1. The zero-order valence-corrected chi connectivity index (χ0v) is 13.7. The van der Waals surface area contributed by atoms with E-state index < -0.39 is 0 Å². The third-order valence-electron chi connectivity index (χ3n) is 4.20. The van der Waals surface area contributed by atoms with Gasteiger partial charge in [-0.3, -0.25) is 9.89 Å². The number of nitrogens with zero attached hydrogens (tertiary/aromatic N) is 2. The molecule has 0 aromatic carbocycles. The third kappa shape index (κ3) is 2.97. The molecule has 1 amide bonds. The molecular weight excluding hydrogens is 286 g/mol. The molecule has 2 saturated heterocycles. The minimum Gasteiger partial charge on any atom is -0.380 e. The van der Waals surface area contributed by atoms with E-state index in [0.717, 1.165) is 37.6 Å². The van der Waals surface area contributed by atoms with Gasteiger partial charge in [-0.25, -0.2) is 0 Å². The van der Waals surface area contributed by atoms with Gasteiger partial charge in [0.2, 0.25) is 0 Å². The Kier molecular flexibility index (Phi) is 4.01. The molecule has 116 valence electrons.